The largest absolute Gasteiger partial charge is 0.380 e. The predicted octanol–water partition coefficient (Wildman–Crippen LogP) is 1.62. The van der Waals surface area contributed by atoms with Gasteiger partial charge in [0.05, 0.1) is 13.2 Å². The molecule has 1 rings (SSSR count). The zero-order valence-electron chi connectivity index (χ0n) is 9.98. The van der Waals surface area contributed by atoms with Crippen molar-refractivity contribution in [1.82, 2.24) is 4.90 Å². The van der Waals surface area contributed by atoms with E-state index in [0.29, 0.717) is 6.61 Å². The molecule has 1 aromatic carbocycles. The lowest BCUT2D eigenvalue weighted by Crippen LogP contribution is -2.18. The molecule has 0 saturated heterocycles. The molecule has 3 heteroatoms. The second kappa shape index (κ2) is 7.14. The van der Waals surface area contributed by atoms with E-state index in [4.69, 9.17) is 4.74 Å². The number of ether oxygens (including phenoxy) is 1. The fourth-order valence-electron chi connectivity index (χ4n) is 1.41. The summed E-state index contributed by atoms with van der Waals surface area (Å²) in [4.78, 5) is 12.8. The maximum Gasteiger partial charge on any atom is 0.150 e. The van der Waals surface area contributed by atoms with E-state index in [1.54, 1.807) is 0 Å². The maximum absolute atomic E-state index is 10.8. The average Bonchev–Trinajstić information content (AvgIpc) is 2.29. The molecular weight excluding hydrogens is 202 g/mol. The van der Waals surface area contributed by atoms with E-state index >= 15 is 0 Å². The van der Waals surface area contributed by atoms with Gasteiger partial charge in [-0.15, -0.1) is 0 Å². The molecule has 1 aromatic rings. The molecular formula is C13H19NO2. The summed E-state index contributed by atoms with van der Waals surface area (Å²) >= 11 is 0. The standard InChI is InChI=1S/C13H19NO2/c1-14(2)8-10-16-9-7-12-5-3-4-6-13(12)11-15/h3-6,11H,7-10H2,1-2H3. The van der Waals surface area contributed by atoms with Gasteiger partial charge in [-0.2, -0.15) is 0 Å². The van der Waals surface area contributed by atoms with E-state index in [9.17, 15) is 4.79 Å². The zero-order valence-corrected chi connectivity index (χ0v) is 9.98. The summed E-state index contributed by atoms with van der Waals surface area (Å²) in [5, 5.41) is 0. The van der Waals surface area contributed by atoms with Crippen LogP contribution >= 0.6 is 0 Å². The fourth-order valence-corrected chi connectivity index (χ4v) is 1.41. The third-order valence-corrected chi connectivity index (χ3v) is 2.38. The van der Waals surface area contributed by atoms with Gasteiger partial charge >= 0.3 is 0 Å². The molecule has 0 bridgehead atoms. The number of benzene rings is 1. The van der Waals surface area contributed by atoms with Crippen molar-refractivity contribution in [3.8, 4) is 0 Å². The van der Waals surface area contributed by atoms with Crippen molar-refractivity contribution in [1.29, 1.82) is 0 Å². The Bertz CT molecular complexity index is 323. The van der Waals surface area contributed by atoms with Crippen LogP contribution in [0.3, 0.4) is 0 Å². The van der Waals surface area contributed by atoms with Crippen molar-refractivity contribution in [2.75, 3.05) is 33.9 Å². The number of likely N-dealkylation sites (N-methyl/N-ethyl adjacent to an activating group) is 1. The van der Waals surface area contributed by atoms with Crippen LogP contribution in [-0.4, -0.2) is 45.0 Å². The van der Waals surface area contributed by atoms with Gasteiger partial charge in [0.1, 0.15) is 6.29 Å². The highest BCUT2D eigenvalue weighted by Gasteiger charge is 2.00. The summed E-state index contributed by atoms with van der Waals surface area (Å²) in [6.45, 7) is 2.32. The highest BCUT2D eigenvalue weighted by atomic mass is 16.5. The Balaban J connectivity index is 2.29. The number of carbonyl (C=O) groups is 1. The summed E-state index contributed by atoms with van der Waals surface area (Å²) in [7, 11) is 4.04. The molecule has 0 aliphatic carbocycles. The van der Waals surface area contributed by atoms with E-state index in [1.807, 2.05) is 38.4 Å². The molecule has 0 fully saturated rings. The molecule has 0 atom stereocenters. The maximum atomic E-state index is 10.8. The summed E-state index contributed by atoms with van der Waals surface area (Å²) in [5.41, 5.74) is 1.82. The van der Waals surface area contributed by atoms with Crippen LogP contribution in [0.5, 0.6) is 0 Å². The van der Waals surface area contributed by atoms with Crippen LogP contribution in [0.4, 0.5) is 0 Å². The van der Waals surface area contributed by atoms with E-state index < -0.39 is 0 Å². The number of aldehydes is 1. The summed E-state index contributed by atoms with van der Waals surface area (Å²) in [5.74, 6) is 0. The van der Waals surface area contributed by atoms with Crippen molar-refractivity contribution in [2.24, 2.45) is 0 Å². The topological polar surface area (TPSA) is 29.5 Å². The molecule has 0 saturated carbocycles. The number of rotatable bonds is 7. The fraction of sp³-hybridized carbons (Fsp3) is 0.462. The van der Waals surface area contributed by atoms with E-state index in [2.05, 4.69) is 4.90 Å². The lowest BCUT2D eigenvalue weighted by molar-refractivity contribution is 0.111. The van der Waals surface area contributed by atoms with Gasteiger partial charge in [0.15, 0.2) is 0 Å². The van der Waals surface area contributed by atoms with Gasteiger partial charge in [0.25, 0.3) is 0 Å². The SMILES string of the molecule is CN(C)CCOCCc1ccccc1C=O. The quantitative estimate of drug-likeness (QED) is 0.517. The Labute approximate surface area is 97.0 Å². The highest BCUT2D eigenvalue weighted by molar-refractivity contribution is 5.77. The molecule has 0 amide bonds. The van der Waals surface area contributed by atoms with Gasteiger partial charge in [-0.3, -0.25) is 4.79 Å². The average molecular weight is 221 g/mol. The number of carbonyl (C=O) groups excluding carboxylic acids is 1. The number of hydrogen-bond acceptors (Lipinski definition) is 3. The van der Waals surface area contributed by atoms with E-state index in [1.165, 1.54) is 0 Å². The van der Waals surface area contributed by atoms with Crippen LogP contribution in [0.15, 0.2) is 24.3 Å². The molecule has 0 aliphatic heterocycles. The highest BCUT2D eigenvalue weighted by Crippen LogP contribution is 2.06. The van der Waals surface area contributed by atoms with E-state index in [-0.39, 0.29) is 0 Å². The van der Waals surface area contributed by atoms with Crippen molar-refractivity contribution in [3.05, 3.63) is 35.4 Å². The van der Waals surface area contributed by atoms with Crippen molar-refractivity contribution >= 4 is 6.29 Å². The second-order valence-corrected chi connectivity index (χ2v) is 3.98. The van der Waals surface area contributed by atoms with Crippen molar-refractivity contribution < 1.29 is 9.53 Å². The van der Waals surface area contributed by atoms with Crippen LogP contribution in [-0.2, 0) is 11.2 Å². The zero-order chi connectivity index (χ0) is 11.8. The Morgan fingerprint density at radius 3 is 2.69 bits per heavy atom. The van der Waals surface area contributed by atoms with Gasteiger partial charge in [0.2, 0.25) is 0 Å². The van der Waals surface area contributed by atoms with Crippen molar-refractivity contribution in [2.45, 2.75) is 6.42 Å². The molecule has 0 spiro atoms. The summed E-state index contributed by atoms with van der Waals surface area (Å²) in [6, 6.07) is 7.63. The van der Waals surface area contributed by atoms with Gasteiger partial charge < -0.3 is 9.64 Å². The first-order valence-corrected chi connectivity index (χ1v) is 5.49. The van der Waals surface area contributed by atoms with Gasteiger partial charge in [-0.05, 0) is 26.1 Å². The molecule has 0 radical (unpaired) electrons. The Morgan fingerprint density at radius 2 is 2.00 bits per heavy atom. The Hall–Kier alpha value is -1.19. The van der Waals surface area contributed by atoms with Gasteiger partial charge in [-0.25, -0.2) is 0 Å². The van der Waals surface area contributed by atoms with Gasteiger partial charge in [0, 0.05) is 12.1 Å². The second-order valence-electron chi connectivity index (χ2n) is 3.98. The monoisotopic (exact) mass is 221 g/mol. The first-order chi connectivity index (χ1) is 7.74. The molecule has 0 unspecified atom stereocenters. The molecule has 0 heterocycles. The Kier molecular flexibility index (Phi) is 5.75. The first kappa shape index (κ1) is 12.9. The van der Waals surface area contributed by atoms with Gasteiger partial charge in [-0.1, -0.05) is 24.3 Å². The number of nitrogens with zero attached hydrogens (tertiary/aromatic N) is 1. The molecule has 0 aromatic heterocycles. The molecule has 88 valence electrons. The van der Waals surface area contributed by atoms with Crippen LogP contribution < -0.4 is 0 Å². The van der Waals surface area contributed by atoms with Crippen LogP contribution in [0, 0.1) is 0 Å². The Morgan fingerprint density at radius 1 is 1.25 bits per heavy atom. The van der Waals surface area contributed by atoms with Crippen LogP contribution in [0.25, 0.3) is 0 Å². The lowest BCUT2D eigenvalue weighted by Gasteiger charge is -2.10. The summed E-state index contributed by atoms with van der Waals surface area (Å²) < 4.78 is 5.49. The minimum atomic E-state index is 0.665. The molecule has 0 aliphatic rings. The van der Waals surface area contributed by atoms with E-state index in [0.717, 1.165) is 37.0 Å². The number of hydrogen-bond donors (Lipinski definition) is 0. The molecule has 16 heavy (non-hydrogen) atoms. The van der Waals surface area contributed by atoms with Crippen LogP contribution in [0.2, 0.25) is 0 Å². The molecule has 0 N–H and O–H groups in total. The minimum Gasteiger partial charge on any atom is -0.380 e. The third-order valence-electron chi connectivity index (χ3n) is 2.38. The van der Waals surface area contributed by atoms with Crippen molar-refractivity contribution in [3.63, 3.8) is 0 Å². The molecule has 3 nitrogen and oxygen atoms in total. The lowest BCUT2D eigenvalue weighted by atomic mass is 10.1. The first-order valence-electron chi connectivity index (χ1n) is 5.49. The van der Waals surface area contributed by atoms with Crippen LogP contribution in [0.1, 0.15) is 15.9 Å². The minimum absolute atomic E-state index is 0.665. The smallest absolute Gasteiger partial charge is 0.150 e. The summed E-state index contributed by atoms with van der Waals surface area (Å²) in [6.07, 6.45) is 1.69. The normalized spacial score (nSPS) is 10.7. The third kappa shape index (κ3) is 4.55. The predicted molar refractivity (Wildman–Crippen MR) is 64.9 cm³/mol.